The molecule has 1 rings (SSSR count). The second-order valence-corrected chi connectivity index (χ2v) is 3.78. The van der Waals surface area contributed by atoms with Gasteiger partial charge in [-0.3, -0.25) is 10.1 Å². The Morgan fingerprint density at radius 2 is 2.29 bits per heavy atom. The zero-order chi connectivity index (χ0) is 10.7. The molecule has 0 aromatic heterocycles. The van der Waals surface area contributed by atoms with Crippen molar-refractivity contribution in [2.75, 3.05) is 0 Å². The predicted molar refractivity (Wildman–Crippen MR) is 59.4 cm³/mol. The molecule has 3 nitrogen and oxygen atoms in total. The van der Waals surface area contributed by atoms with Crippen LogP contribution in [0, 0.1) is 17.0 Å². The number of hydrogen-bond donors (Lipinski definition) is 0. The van der Waals surface area contributed by atoms with E-state index in [1.165, 1.54) is 0 Å². The van der Waals surface area contributed by atoms with Crippen LogP contribution in [0.2, 0.25) is 0 Å². The summed E-state index contributed by atoms with van der Waals surface area (Å²) in [4.78, 5) is 10.4. The number of halogens is 1. The van der Waals surface area contributed by atoms with Gasteiger partial charge in [0.2, 0.25) is 0 Å². The molecular weight excluding hydrogens is 246 g/mol. The van der Waals surface area contributed by atoms with Crippen LogP contribution in [0.4, 0.5) is 5.69 Å². The van der Waals surface area contributed by atoms with Gasteiger partial charge in [-0.15, -0.1) is 6.58 Å². The van der Waals surface area contributed by atoms with Crippen molar-refractivity contribution in [3.05, 3.63) is 50.5 Å². The molecule has 74 valence electrons. The summed E-state index contributed by atoms with van der Waals surface area (Å²) >= 11 is 3.17. The molecule has 0 aliphatic rings. The van der Waals surface area contributed by atoms with Gasteiger partial charge in [0.15, 0.2) is 0 Å². The maximum absolute atomic E-state index is 10.7. The molecule has 0 saturated heterocycles. The SMILES string of the molecule is C=CCc1ccc(Br)c([N+](=O)[O-])c1C. The molecule has 0 aliphatic carbocycles. The summed E-state index contributed by atoms with van der Waals surface area (Å²) in [7, 11) is 0. The third-order valence-corrected chi connectivity index (χ3v) is 2.68. The van der Waals surface area contributed by atoms with Gasteiger partial charge >= 0.3 is 0 Å². The van der Waals surface area contributed by atoms with Gasteiger partial charge in [0.1, 0.15) is 0 Å². The molecule has 14 heavy (non-hydrogen) atoms. The van der Waals surface area contributed by atoms with Crippen LogP contribution in [0.3, 0.4) is 0 Å². The molecule has 0 bridgehead atoms. The van der Waals surface area contributed by atoms with E-state index in [0.29, 0.717) is 16.5 Å². The van der Waals surface area contributed by atoms with E-state index >= 15 is 0 Å². The lowest BCUT2D eigenvalue weighted by molar-refractivity contribution is -0.386. The van der Waals surface area contributed by atoms with Gasteiger partial charge in [-0.2, -0.15) is 0 Å². The zero-order valence-electron chi connectivity index (χ0n) is 7.79. The normalized spacial score (nSPS) is 9.86. The van der Waals surface area contributed by atoms with Crippen molar-refractivity contribution in [3.8, 4) is 0 Å². The quantitative estimate of drug-likeness (QED) is 0.472. The van der Waals surface area contributed by atoms with Gasteiger partial charge < -0.3 is 0 Å². The molecule has 0 spiro atoms. The summed E-state index contributed by atoms with van der Waals surface area (Å²) in [5, 5.41) is 10.7. The number of nitro benzene ring substituents is 1. The molecule has 0 radical (unpaired) electrons. The first-order valence-corrected chi connectivity index (χ1v) is 4.90. The highest BCUT2D eigenvalue weighted by atomic mass is 79.9. The smallest absolute Gasteiger partial charge is 0.258 e. The maximum atomic E-state index is 10.7. The second-order valence-electron chi connectivity index (χ2n) is 2.93. The first kappa shape index (κ1) is 10.9. The van der Waals surface area contributed by atoms with Crippen molar-refractivity contribution in [1.82, 2.24) is 0 Å². The van der Waals surface area contributed by atoms with Gasteiger partial charge in [0.25, 0.3) is 5.69 Å². The highest BCUT2D eigenvalue weighted by Crippen LogP contribution is 2.30. The Balaban J connectivity index is 3.32. The topological polar surface area (TPSA) is 43.1 Å². The number of allylic oxidation sites excluding steroid dienone is 1. The van der Waals surface area contributed by atoms with Gasteiger partial charge in [-0.25, -0.2) is 0 Å². The number of rotatable bonds is 3. The molecule has 0 heterocycles. The van der Waals surface area contributed by atoms with Gasteiger partial charge in [-0.1, -0.05) is 12.1 Å². The molecule has 0 unspecified atom stereocenters. The van der Waals surface area contributed by atoms with Crippen molar-refractivity contribution < 1.29 is 4.92 Å². The largest absolute Gasteiger partial charge is 0.286 e. The van der Waals surface area contributed by atoms with Crippen LogP contribution >= 0.6 is 15.9 Å². The van der Waals surface area contributed by atoms with E-state index < -0.39 is 0 Å². The molecule has 0 N–H and O–H groups in total. The number of benzene rings is 1. The first-order valence-electron chi connectivity index (χ1n) is 4.11. The Hall–Kier alpha value is -1.16. The van der Waals surface area contributed by atoms with Crippen LogP contribution in [0.5, 0.6) is 0 Å². The Morgan fingerprint density at radius 1 is 1.64 bits per heavy atom. The number of nitrogens with zero attached hydrogens (tertiary/aromatic N) is 1. The summed E-state index contributed by atoms with van der Waals surface area (Å²) in [6, 6.07) is 3.57. The molecule has 0 aliphatic heterocycles. The second kappa shape index (κ2) is 4.37. The van der Waals surface area contributed by atoms with Crippen LogP contribution < -0.4 is 0 Å². The lowest BCUT2D eigenvalue weighted by atomic mass is 10.0. The van der Waals surface area contributed by atoms with Crippen LogP contribution in [0.1, 0.15) is 11.1 Å². The number of nitro groups is 1. The fourth-order valence-corrected chi connectivity index (χ4v) is 1.88. The minimum absolute atomic E-state index is 0.143. The van der Waals surface area contributed by atoms with Crippen LogP contribution in [0.25, 0.3) is 0 Å². The van der Waals surface area contributed by atoms with E-state index in [9.17, 15) is 10.1 Å². The van der Waals surface area contributed by atoms with E-state index in [2.05, 4.69) is 22.5 Å². The average molecular weight is 256 g/mol. The Labute approximate surface area is 90.7 Å². The fraction of sp³-hybridized carbons (Fsp3) is 0.200. The van der Waals surface area contributed by atoms with Crippen molar-refractivity contribution >= 4 is 21.6 Å². The van der Waals surface area contributed by atoms with Crippen LogP contribution in [0.15, 0.2) is 29.3 Å². The molecule has 0 amide bonds. The Kier molecular flexibility index (Phi) is 3.41. The highest BCUT2D eigenvalue weighted by molar-refractivity contribution is 9.10. The third-order valence-electron chi connectivity index (χ3n) is 2.04. The highest BCUT2D eigenvalue weighted by Gasteiger charge is 2.17. The van der Waals surface area contributed by atoms with Crippen LogP contribution in [-0.2, 0) is 6.42 Å². The molecule has 4 heteroatoms. The van der Waals surface area contributed by atoms with E-state index in [0.717, 1.165) is 5.56 Å². The van der Waals surface area contributed by atoms with Crippen molar-refractivity contribution in [2.45, 2.75) is 13.3 Å². The molecule has 1 aromatic rings. The lowest BCUT2D eigenvalue weighted by Crippen LogP contribution is -1.97. The molecular formula is C10H10BrNO2. The molecule has 0 fully saturated rings. The zero-order valence-corrected chi connectivity index (χ0v) is 9.37. The summed E-state index contributed by atoms with van der Waals surface area (Å²) in [5.74, 6) is 0. The minimum Gasteiger partial charge on any atom is -0.258 e. The van der Waals surface area contributed by atoms with Gasteiger partial charge in [0, 0.05) is 5.56 Å². The average Bonchev–Trinajstić information content (AvgIpc) is 2.10. The third kappa shape index (κ3) is 2.01. The van der Waals surface area contributed by atoms with Gasteiger partial charge in [-0.05, 0) is 40.9 Å². The van der Waals surface area contributed by atoms with Gasteiger partial charge in [0.05, 0.1) is 9.40 Å². The fourth-order valence-electron chi connectivity index (χ4n) is 1.31. The monoisotopic (exact) mass is 255 g/mol. The van der Waals surface area contributed by atoms with E-state index in [1.54, 1.807) is 19.1 Å². The summed E-state index contributed by atoms with van der Waals surface area (Å²) < 4.78 is 0.521. The summed E-state index contributed by atoms with van der Waals surface area (Å²) in [6.07, 6.45) is 2.39. The van der Waals surface area contributed by atoms with Crippen molar-refractivity contribution in [3.63, 3.8) is 0 Å². The molecule has 1 aromatic carbocycles. The lowest BCUT2D eigenvalue weighted by Gasteiger charge is -2.04. The Morgan fingerprint density at radius 3 is 2.79 bits per heavy atom. The first-order chi connectivity index (χ1) is 6.57. The maximum Gasteiger partial charge on any atom is 0.286 e. The van der Waals surface area contributed by atoms with Crippen LogP contribution in [-0.4, -0.2) is 4.92 Å². The van der Waals surface area contributed by atoms with E-state index in [-0.39, 0.29) is 10.6 Å². The molecule has 0 atom stereocenters. The minimum atomic E-state index is -0.369. The number of hydrogen-bond acceptors (Lipinski definition) is 2. The Bertz CT molecular complexity index is 388. The summed E-state index contributed by atoms with van der Waals surface area (Å²) in [5.41, 5.74) is 1.78. The summed E-state index contributed by atoms with van der Waals surface area (Å²) in [6.45, 7) is 5.36. The van der Waals surface area contributed by atoms with Crippen molar-refractivity contribution in [1.29, 1.82) is 0 Å². The van der Waals surface area contributed by atoms with Crippen molar-refractivity contribution in [2.24, 2.45) is 0 Å². The predicted octanol–water partition coefficient (Wildman–Crippen LogP) is 3.39. The standard InChI is InChI=1S/C10H10BrNO2/c1-3-4-8-5-6-9(11)10(7(8)2)12(13)14/h3,5-6H,1,4H2,2H3. The van der Waals surface area contributed by atoms with E-state index in [1.807, 2.05) is 6.07 Å². The van der Waals surface area contributed by atoms with E-state index in [4.69, 9.17) is 0 Å². The molecule has 0 saturated carbocycles.